The Labute approximate surface area is 95.2 Å². The van der Waals surface area contributed by atoms with E-state index in [1.54, 1.807) is 17.0 Å². The SMILES string of the molecule is O=C(c1ccc(I)c(F)c1)N1CCC1. The summed E-state index contributed by atoms with van der Waals surface area (Å²) in [4.78, 5) is 13.4. The normalized spacial score (nSPS) is 15.1. The predicted octanol–water partition coefficient (Wildman–Crippen LogP) is 2.28. The quantitative estimate of drug-likeness (QED) is 0.729. The Morgan fingerprint density at radius 1 is 1.43 bits per heavy atom. The molecule has 0 saturated carbocycles. The first-order valence-corrected chi connectivity index (χ1v) is 5.50. The van der Waals surface area contributed by atoms with Crippen molar-refractivity contribution in [3.05, 3.63) is 33.1 Å². The first-order chi connectivity index (χ1) is 6.68. The predicted molar refractivity (Wildman–Crippen MR) is 59.6 cm³/mol. The molecule has 1 amide bonds. The standard InChI is InChI=1S/C10H9FINO/c11-8-6-7(2-3-9(8)12)10(14)13-4-1-5-13/h2-3,6H,1,4-5H2. The number of carbonyl (C=O) groups is 1. The molecule has 1 aliphatic rings. The maximum Gasteiger partial charge on any atom is 0.253 e. The van der Waals surface area contributed by atoms with Crippen LogP contribution >= 0.6 is 22.6 Å². The van der Waals surface area contributed by atoms with E-state index in [9.17, 15) is 9.18 Å². The molecule has 2 nitrogen and oxygen atoms in total. The highest BCUT2D eigenvalue weighted by Gasteiger charge is 2.21. The molecule has 74 valence electrons. The van der Waals surface area contributed by atoms with Crippen LogP contribution in [0.25, 0.3) is 0 Å². The highest BCUT2D eigenvalue weighted by Crippen LogP contribution is 2.16. The Hall–Kier alpha value is -0.650. The van der Waals surface area contributed by atoms with Crippen LogP contribution in [0.1, 0.15) is 16.8 Å². The van der Waals surface area contributed by atoms with Gasteiger partial charge in [0.15, 0.2) is 0 Å². The highest BCUT2D eigenvalue weighted by molar-refractivity contribution is 14.1. The summed E-state index contributed by atoms with van der Waals surface area (Å²) in [5, 5.41) is 0. The van der Waals surface area contributed by atoms with Gasteiger partial charge in [0.05, 0.1) is 0 Å². The summed E-state index contributed by atoms with van der Waals surface area (Å²) in [7, 11) is 0. The van der Waals surface area contributed by atoms with Crippen molar-refractivity contribution >= 4 is 28.5 Å². The summed E-state index contributed by atoms with van der Waals surface area (Å²) in [6, 6.07) is 4.61. The first-order valence-electron chi connectivity index (χ1n) is 4.43. The van der Waals surface area contributed by atoms with E-state index in [0.717, 1.165) is 19.5 Å². The molecule has 0 unspecified atom stereocenters. The Kier molecular flexibility index (Phi) is 2.71. The fraction of sp³-hybridized carbons (Fsp3) is 0.300. The first kappa shape index (κ1) is 9.89. The molecular weight excluding hydrogens is 296 g/mol. The fourth-order valence-electron chi connectivity index (χ4n) is 1.33. The van der Waals surface area contributed by atoms with E-state index in [1.807, 2.05) is 22.6 Å². The topological polar surface area (TPSA) is 20.3 Å². The molecule has 0 aliphatic carbocycles. The number of benzene rings is 1. The van der Waals surface area contributed by atoms with Crippen molar-refractivity contribution in [2.45, 2.75) is 6.42 Å². The van der Waals surface area contributed by atoms with Gasteiger partial charge in [-0.25, -0.2) is 4.39 Å². The smallest absolute Gasteiger partial charge is 0.253 e. The molecule has 0 radical (unpaired) electrons. The van der Waals surface area contributed by atoms with Crippen molar-refractivity contribution in [1.29, 1.82) is 0 Å². The lowest BCUT2D eigenvalue weighted by Crippen LogP contribution is -2.42. The Morgan fingerprint density at radius 3 is 2.64 bits per heavy atom. The number of hydrogen-bond donors (Lipinski definition) is 0. The van der Waals surface area contributed by atoms with Gasteiger partial charge in [-0.1, -0.05) is 0 Å². The summed E-state index contributed by atoms with van der Waals surface area (Å²) in [6.07, 6.45) is 1.05. The van der Waals surface area contributed by atoms with Gasteiger partial charge in [0.25, 0.3) is 5.91 Å². The van der Waals surface area contributed by atoms with Gasteiger partial charge in [-0.3, -0.25) is 4.79 Å². The summed E-state index contributed by atoms with van der Waals surface area (Å²) in [6.45, 7) is 1.60. The molecule has 14 heavy (non-hydrogen) atoms. The van der Waals surface area contributed by atoms with Crippen LogP contribution in [0, 0.1) is 9.39 Å². The minimum absolute atomic E-state index is 0.0634. The second-order valence-electron chi connectivity index (χ2n) is 3.27. The number of carbonyl (C=O) groups excluding carboxylic acids is 1. The molecule has 0 atom stereocenters. The summed E-state index contributed by atoms with van der Waals surface area (Å²) in [5.41, 5.74) is 0.447. The van der Waals surface area contributed by atoms with Gasteiger partial charge in [0.1, 0.15) is 5.82 Å². The zero-order valence-corrected chi connectivity index (χ0v) is 9.62. The lowest BCUT2D eigenvalue weighted by molar-refractivity contribution is 0.0651. The van der Waals surface area contributed by atoms with Crippen LogP contribution in [0.15, 0.2) is 18.2 Å². The van der Waals surface area contributed by atoms with E-state index in [4.69, 9.17) is 0 Å². The summed E-state index contributed by atoms with van der Waals surface area (Å²) < 4.78 is 13.7. The van der Waals surface area contributed by atoms with E-state index < -0.39 is 0 Å². The van der Waals surface area contributed by atoms with E-state index in [-0.39, 0.29) is 11.7 Å². The van der Waals surface area contributed by atoms with Gasteiger partial charge in [-0.2, -0.15) is 0 Å². The van der Waals surface area contributed by atoms with Gasteiger partial charge in [0, 0.05) is 22.2 Å². The van der Waals surface area contributed by atoms with E-state index in [2.05, 4.69) is 0 Å². The molecule has 0 spiro atoms. The van der Waals surface area contributed by atoms with Crippen molar-refractivity contribution in [1.82, 2.24) is 4.90 Å². The molecule has 1 aliphatic heterocycles. The number of halogens is 2. The van der Waals surface area contributed by atoms with Gasteiger partial charge in [-0.15, -0.1) is 0 Å². The number of nitrogens with zero attached hydrogens (tertiary/aromatic N) is 1. The number of hydrogen-bond acceptors (Lipinski definition) is 1. The van der Waals surface area contributed by atoms with E-state index >= 15 is 0 Å². The number of likely N-dealkylation sites (tertiary alicyclic amines) is 1. The van der Waals surface area contributed by atoms with Crippen LogP contribution < -0.4 is 0 Å². The average molecular weight is 305 g/mol. The monoisotopic (exact) mass is 305 g/mol. The zero-order chi connectivity index (χ0) is 10.1. The largest absolute Gasteiger partial charge is 0.339 e. The van der Waals surface area contributed by atoms with Crippen molar-refractivity contribution in [3.63, 3.8) is 0 Å². The van der Waals surface area contributed by atoms with E-state index in [0.29, 0.717) is 9.13 Å². The minimum atomic E-state index is -0.322. The van der Waals surface area contributed by atoms with Gasteiger partial charge < -0.3 is 4.90 Å². The molecule has 1 aromatic carbocycles. The van der Waals surface area contributed by atoms with Crippen LogP contribution in [-0.2, 0) is 0 Å². The molecule has 0 aromatic heterocycles. The van der Waals surface area contributed by atoms with Crippen LogP contribution in [0.2, 0.25) is 0 Å². The molecular formula is C10H9FINO. The lowest BCUT2D eigenvalue weighted by atomic mass is 10.1. The molecule has 0 bridgehead atoms. The second-order valence-corrected chi connectivity index (χ2v) is 4.44. The molecule has 4 heteroatoms. The van der Waals surface area contributed by atoms with Crippen LogP contribution in [-0.4, -0.2) is 23.9 Å². The van der Waals surface area contributed by atoms with Gasteiger partial charge in [-0.05, 0) is 47.2 Å². The van der Waals surface area contributed by atoms with Crippen molar-refractivity contribution in [2.24, 2.45) is 0 Å². The van der Waals surface area contributed by atoms with Crippen LogP contribution in [0.3, 0.4) is 0 Å². The third-order valence-corrected chi connectivity index (χ3v) is 3.18. The Bertz CT molecular complexity index is 376. The lowest BCUT2D eigenvalue weighted by Gasteiger charge is -2.30. The second kappa shape index (κ2) is 3.84. The van der Waals surface area contributed by atoms with Crippen molar-refractivity contribution in [2.75, 3.05) is 13.1 Å². The third kappa shape index (κ3) is 1.75. The van der Waals surface area contributed by atoms with Crippen LogP contribution in [0.4, 0.5) is 4.39 Å². The maximum atomic E-state index is 13.1. The summed E-state index contributed by atoms with van der Waals surface area (Å²) >= 11 is 1.91. The molecule has 1 aromatic rings. The molecule has 1 saturated heterocycles. The summed E-state index contributed by atoms with van der Waals surface area (Å²) in [5.74, 6) is -0.386. The van der Waals surface area contributed by atoms with E-state index in [1.165, 1.54) is 6.07 Å². The number of amides is 1. The highest BCUT2D eigenvalue weighted by atomic mass is 127. The fourth-order valence-corrected chi connectivity index (χ4v) is 1.67. The minimum Gasteiger partial charge on any atom is -0.339 e. The third-order valence-electron chi connectivity index (χ3n) is 2.31. The average Bonchev–Trinajstić information content (AvgIpc) is 2.06. The molecule has 1 fully saturated rings. The van der Waals surface area contributed by atoms with Crippen LogP contribution in [0.5, 0.6) is 0 Å². The van der Waals surface area contributed by atoms with Crippen molar-refractivity contribution in [3.8, 4) is 0 Å². The Morgan fingerprint density at radius 2 is 2.14 bits per heavy atom. The maximum absolute atomic E-state index is 13.1. The number of rotatable bonds is 1. The zero-order valence-electron chi connectivity index (χ0n) is 7.46. The molecule has 2 rings (SSSR count). The van der Waals surface area contributed by atoms with Gasteiger partial charge >= 0.3 is 0 Å². The Balaban J connectivity index is 2.23. The molecule has 1 heterocycles. The van der Waals surface area contributed by atoms with Gasteiger partial charge in [0.2, 0.25) is 0 Å². The van der Waals surface area contributed by atoms with Crippen molar-refractivity contribution < 1.29 is 9.18 Å². The molecule has 0 N–H and O–H groups in total.